The number of nitrogens with zero attached hydrogens (tertiary/aromatic N) is 3. The molecule has 0 spiro atoms. The lowest BCUT2D eigenvalue weighted by Gasteiger charge is -2.37. The van der Waals surface area contributed by atoms with Gasteiger partial charge in [0.25, 0.3) is 0 Å². The molecule has 1 aromatic carbocycles. The Kier molecular flexibility index (Phi) is 4.56. The van der Waals surface area contributed by atoms with E-state index in [4.69, 9.17) is 16.1 Å². The summed E-state index contributed by atoms with van der Waals surface area (Å²) in [6, 6.07) is 5.86. The molecule has 0 bridgehead atoms. The van der Waals surface area contributed by atoms with E-state index in [-0.39, 0.29) is 5.54 Å². The van der Waals surface area contributed by atoms with Crippen LogP contribution in [0.15, 0.2) is 34.3 Å². The summed E-state index contributed by atoms with van der Waals surface area (Å²) in [4.78, 5) is 12.2. The summed E-state index contributed by atoms with van der Waals surface area (Å²) in [5.41, 5.74) is 14.0. The van der Waals surface area contributed by atoms with Gasteiger partial charge in [-0.15, -0.1) is 0 Å². The van der Waals surface area contributed by atoms with Crippen molar-refractivity contribution in [2.45, 2.75) is 41.8 Å². The van der Waals surface area contributed by atoms with Crippen molar-refractivity contribution < 1.29 is 9.68 Å². The van der Waals surface area contributed by atoms with E-state index in [9.17, 15) is 5.02 Å². The molecule has 7 nitrogen and oxygen atoms in total. The van der Waals surface area contributed by atoms with E-state index in [1.807, 2.05) is 18.2 Å². The van der Waals surface area contributed by atoms with Gasteiger partial charge in [0.15, 0.2) is 5.82 Å². The van der Waals surface area contributed by atoms with Crippen LogP contribution in [-0.4, -0.2) is 40.7 Å². The van der Waals surface area contributed by atoms with Gasteiger partial charge in [0.2, 0.25) is 0 Å². The molecular weight excluding hydrogens is 349 g/mol. The van der Waals surface area contributed by atoms with Crippen LogP contribution in [0.2, 0.25) is 0 Å². The number of fused-ring (bicyclic) bond motifs is 1. The van der Waals surface area contributed by atoms with Crippen molar-refractivity contribution in [3.63, 3.8) is 0 Å². The monoisotopic (exact) mass is 371 g/mol. The Morgan fingerprint density at radius 1 is 1.35 bits per heavy atom. The first-order valence-electron chi connectivity index (χ1n) is 8.68. The number of nitrogen functional groups attached to an aromatic ring is 1. The SMILES string of the molecule is CC1(N)CCN(c2cnc(Sc3ccc4c(c3)B(O)OC4)c(N)n2)CC1. The van der Waals surface area contributed by atoms with E-state index in [1.54, 1.807) is 6.20 Å². The molecule has 0 aliphatic carbocycles. The van der Waals surface area contributed by atoms with Gasteiger partial charge in [-0.1, -0.05) is 17.8 Å². The molecule has 2 aromatic rings. The highest BCUT2D eigenvalue weighted by atomic mass is 32.2. The molecule has 2 aliphatic heterocycles. The van der Waals surface area contributed by atoms with Gasteiger partial charge in [-0.3, -0.25) is 0 Å². The van der Waals surface area contributed by atoms with Gasteiger partial charge in [-0.2, -0.15) is 0 Å². The standard InChI is InChI=1S/C17H22BN5O2S/c1-17(20)4-6-23(7-5-17)14-9-21-16(15(19)22-14)26-12-3-2-11-10-25-18(24)13(11)8-12/h2-3,8-9,24H,4-7,10,20H2,1H3,(H2,19,22). The molecule has 3 heterocycles. The van der Waals surface area contributed by atoms with Crippen LogP contribution in [0, 0.1) is 0 Å². The second-order valence-corrected chi connectivity index (χ2v) is 8.25. The molecule has 4 rings (SSSR count). The normalized spacial score (nSPS) is 18.9. The molecule has 1 fully saturated rings. The van der Waals surface area contributed by atoms with E-state index < -0.39 is 7.12 Å². The number of nitrogens with two attached hydrogens (primary N) is 2. The van der Waals surface area contributed by atoms with E-state index in [0.717, 1.165) is 47.7 Å². The van der Waals surface area contributed by atoms with Crippen LogP contribution in [0.1, 0.15) is 25.3 Å². The van der Waals surface area contributed by atoms with Gasteiger partial charge in [0, 0.05) is 23.5 Å². The Bertz CT molecular complexity index is 825. The summed E-state index contributed by atoms with van der Waals surface area (Å²) in [6.45, 7) is 4.24. The minimum Gasteiger partial charge on any atom is -0.423 e. The lowest BCUT2D eigenvalue weighted by Crippen LogP contribution is -2.48. The summed E-state index contributed by atoms with van der Waals surface area (Å²) >= 11 is 1.43. The van der Waals surface area contributed by atoms with Crippen molar-refractivity contribution in [1.82, 2.24) is 9.97 Å². The Morgan fingerprint density at radius 2 is 2.12 bits per heavy atom. The lowest BCUT2D eigenvalue weighted by atomic mass is 9.80. The smallest absolute Gasteiger partial charge is 0.423 e. The Morgan fingerprint density at radius 3 is 2.85 bits per heavy atom. The predicted octanol–water partition coefficient (Wildman–Crippen LogP) is 0.745. The number of hydrogen-bond acceptors (Lipinski definition) is 8. The fraction of sp³-hybridized carbons (Fsp3) is 0.412. The second kappa shape index (κ2) is 6.73. The van der Waals surface area contributed by atoms with Crippen LogP contribution >= 0.6 is 11.8 Å². The molecule has 2 aliphatic rings. The zero-order valence-electron chi connectivity index (χ0n) is 14.7. The maximum absolute atomic E-state index is 9.85. The molecule has 136 valence electrons. The fourth-order valence-electron chi connectivity index (χ4n) is 3.23. The average molecular weight is 371 g/mol. The van der Waals surface area contributed by atoms with Crippen LogP contribution < -0.4 is 21.8 Å². The summed E-state index contributed by atoms with van der Waals surface area (Å²) < 4.78 is 5.23. The number of piperidine rings is 1. The number of hydrogen-bond donors (Lipinski definition) is 3. The molecule has 5 N–H and O–H groups in total. The third-order valence-electron chi connectivity index (χ3n) is 4.98. The molecule has 1 aromatic heterocycles. The van der Waals surface area contributed by atoms with E-state index in [2.05, 4.69) is 21.8 Å². The van der Waals surface area contributed by atoms with Crippen LogP contribution in [0.25, 0.3) is 0 Å². The van der Waals surface area contributed by atoms with Gasteiger partial charge in [-0.25, -0.2) is 9.97 Å². The molecule has 0 atom stereocenters. The van der Waals surface area contributed by atoms with Crippen molar-refractivity contribution in [2.75, 3.05) is 23.7 Å². The Hall–Kier alpha value is -1.81. The number of rotatable bonds is 3. The highest BCUT2D eigenvalue weighted by Crippen LogP contribution is 2.31. The van der Waals surface area contributed by atoms with Gasteiger partial charge in [-0.05, 0) is 42.9 Å². The summed E-state index contributed by atoms with van der Waals surface area (Å²) in [6.07, 6.45) is 3.61. The summed E-state index contributed by atoms with van der Waals surface area (Å²) in [5, 5.41) is 10.5. The van der Waals surface area contributed by atoms with Gasteiger partial charge in [0.05, 0.1) is 12.8 Å². The maximum Gasteiger partial charge on any atom is 0.491 e. The van der Waals surface area contributed by atoms with Crippen molar-refractivity contribution in [3.8, 4) is 0 Å². The minimum atomic E-state index is -0.858. The first kappa shape index (κ1) is 17.6. The highest BCUT2D eigenvalue weighted by molar-refractivity contribution is 7.99. The molecule has 9 heteroatoms. The molecule has 0 saturated carbocycles. The zero-order chi connectivity index (χ0) is 18.3. The molecule has 26 heavy (non-hydrogen) atoms. The maximum atomic E-state index is 9.85. The summed E-state index contributed by atoms with van der Waals surface area (Å²) in [7, 11) is -0.858. The fourth-order valence-corrected chi connectivity index (χ4v) is 4.03. The quantitative estimate of drug-likeness (QED) is 0.678. The molecule has 0 amide bonds. The third kappa shape index (κ3) is 3.52. The molecule has 1 saturated heterocycles. The van der Waals surface area contributed by atoms with Gasteiger partial charge >= 0.3 is 7.12 Å². The van der Waals surface area contributed by atoms with Crippen molar-refractivity contribution in [1.29, 1.82) is 0 Å². The van der Waals surface area contributed by atoms with Crippen LogP contribution in [0.4, 0.5) is 11.6 Å². The summed E-state index contributed by atoms with van der Waals surface area (Å²) in [5.74, 6) is 1.20. The molecule has 0 radical (unpaired) electrons. The molecular formula is C17H22BN5O2S. The number of benzene rings is 1. The largest absolute Gasteiger partial charge is 0.491 e. The first-order chi connectivity index (χ1) is 12.4. The van der Waals surface area contributed by atoms with Crippen LogP contribution in [0.3, 0.4) is 0 Å². The predicted molar refractivity (Wildman–Crippen MR) is 103 cm³/mol. The third-order valence-corrected chi connectivity index (χ3v) is 5.97. The van der Waals surface area contributed by atoms with Gasteiger partial charge in [0.1, 0.15) is 10.8 Å². The topological polar surface area (TPSA) is 111 Å². The Labute approximate surface area is 157 Å². The van der Waals surface area contributed by atoms with Crippen LogP contribution in [0.5, 0.6) is 0 Å². The van der Waals surface area contributed by atoms with Gasteiger partial charge < -0.3 is 26.0 Å². The highest BCUT2D eigenvalue weighted by Gasteiger charge is 2.28. The minimum absolute atomic E-state index is 0.104. The van der Waals surface area contributed by atoms with Crippen molar-refractivity contribution in [2.24, 2.45) is 5.73 Å². The van der Waals surface area contributed by atoms with E-state index >= 15 is 0 Å². The van der Waals surface area contributed by atoms with Crippen molar-refractivity contribution >= 4 is 36.0 Å². The van der Waals surface area contributed by atoms with E-state index in [0.29, 0.717) is 17.5 Å². The first-order valence-corrected chi connectivity index (χ1v) is 9.50. The Balaban J connectivity index is 1.49. The zero-order valence-corrected chi connectivity index (χ0v) is 15.5. The van der Waals surface area contributed by atoms with E-state index in [1.165, 1.54) is 11.8 Å². The average Bonchev–Trinajstić information content (AvgIpc) is 2.98. The molecule has 0 unspecified atom stereocenters. The van der Waals surface area contributed by atoms with Crippen LogP contribution in [-0.2, 0) is 11.3 Å². The number of anilines is 2. The van der Waals surface area contributed by atoms with Crippen molar-refractivity contribution in [3.05, 3.63) is 30.0 Å². The lowest BCUT2D eigenvalue weighted by molar-refractivity contribution is 0.275. The second-order valence-electron chi connectivity index (χ2n) is 7.19. The number of aromatic nitrogens is 2.